The first kappa shape index (κ1) is 19.2. The van der Waals surface area contributed by atoms with Gasteiger partial charge in [0.05, 0.1) is 5.30 Å². The fourth-order valence-electron chi connectivity index (χ4n) is 4.64. The van der Waals surface area contributed by atoms with Crippen molar-refractivity contribution in [3.8, 4) is 22.6 Å². The van der Waals surface area contributed by atoms with Crippen molar-refractivity contribution in [3.05, 3.63) is 108 Å². The van der Waals surface area contributed by atoms with Crippen LogP contribution in [-0.2, 0) is 4.57 Å². The monoisotopic (exact) mass is 439 g/mol. The highest BCUT2D eigenvalue weighted by molar-refractivity contribution is 7.68. The topological polar surface area (TPSA) is 38.8 Å². The molecule has 0 bridgehead atoms. The Morgan fingerprint density at radius 2 is 1.44 bits per heavy atom. The summed E-state index contributed by atoms with van der Waals surface area (Å²) in [5, 5.41) is 0.748. The van der Waals surface area contributed by atoms with Crippen LogP contribution in [0.25, 0.3) is 11.1 Å². The lowest BCUT2D eigenvalue weighted by atomic mass is 10.0. The summed E-state index contributed by atoms with van der Waals surface area (Å²) in [6.45, 7) is 2.35. The van der Waals surface area contributed by atoms with Gasteiger partial charge in [0, 0.05) is 16.8 Å². The van der Waals surface area contributed by atoms with Crippen LogP contribution in [0, 0.1) is 6.92 Å². The number of anilines is 1. The Morgan fingerprint density at radius 3 is 2.25 bits per heavy atom. The molecule has 6 rings (SSSR count). The molecule has 0 aliphatic carbocycles. The molecule has 0 amide bonds. The van der Waals surface area contributed by atoms with Gasteiger partial charge in [-0.05, 0) is 42.8 Å². The second kappa shape index (κ2) is 7.29. The molecule has 0 saturated carbocycles. The minimum absolute atomic E-state index is 0.294. The number of fused-ring (bicyclic) bond motifs is 4. The first-order valence-corrected chi connectivity index (χ1v) is 12.4. The number of ether oxygens (including phenoxy) is 1. The molecule has 0 aromatic heterocycles. The van der Waals surface area contributed by atoms with Gasteiger partial charge >= 0.3 is 7.37 Å². The fourth-order valence-corrected chi connectivity index (χ4v) is 7.52. The number of aryl methyl sites for hydroxylation is 1. The number of nitrogens with zero attached hydrogens (tertiary/aromatic N) is 1. The van der Waals surface area contributed by atoms with Gasteiger partial charge in [-0.1, -0.05) is 72.3 Å². The number of hydrogen-bond donors (Lipinski definition) is 0. The van der Waals surface area contributed by atoms with Gasteiger partial charge in [0.15, 0.2) is 12.5 Å². The van der Waals surface area contributed by atoms with Crippen LogP contribution in [-0.4, -0.2) is 6.73 Å². The lowest BCUT2D eigenvalue weighted by Gasteiger charge is -2.43. The van der Waals surface area contributed by atoms with Gasteiger partial charge in [0.25, 0.3) is 0 Å². The van der Waals surface area contributed by atoms with Crippen LogP contribution in [0.2, 0.25) is 0 Å². The van der Waals surface area contributed by atoms with E-state index in [0.717, 1.165) is 33.4 Å². The third-order valence-electron chi connectivity index (χ3n) is 6.19. The molecule has 4 nitrogen and oxygen atoms in total. The quantitative estimate of drug-likeness (QED) is 0.334. The summed E-state index contributed by atoms with van der Waals surface area (Å²) >= 11 is 0. The molecule has 0 fully saturated rings. The zero-order valence-corrected chi connectivity index (χ0v) is 18.5. The predicted molar refractivity (Wildman–Crippen MR) is 128 cm³/mol. The van der Waals surface area contributed by atoms with Crippen molar-refractivity contribution < 1.29 is 13.8 Å². The van der Waals surface area contributed by atoms with E-state index in [1.807, 2.05) is 72.8 Å². The number of hydrogen-bond acceptors (Lipinski definition) is 4. The number of rotatable bonds is 2. The maximum Gasteiger partial charge on any atom is 0.304 e. The lowest BCUT2D eigenvalue weighted by Crippen LogP contribution is -2.40. The predicted octanol–water partition coefficient (Wildman–Crippen LogP) is 6.51. The summed E-state index contributed by atoms with van der Waals surface area (Å²) in [5.74, 6) is 0.892. The molecule has 4 aromatic rings. The van der Waals surface area contributed by atoms with E-state index in [4.69, 9.17) is 9.26 Å². The van der Waals surface area contributed by atoms with Gasteiger partial charge in [0.1, 0.15) is 11.5 Å². The van der Waals surface area contributed by atoms with Crippen molar-refractivity contribution in [1.82, 2.24) is 0 Å². The van der Waals surface area contributed by atoms with Crippen LogP contribution in [0.4, 0.5) is 5.69 Å². The summed E-state index contributed by atoms with van der Waals surface area (Å²) in [4.78, 5) is 2.06. The average Bonchev–Trinajstić information content (AvgIpc) is 2.84. The van der Waals surface area contributed by atoms with Crippen molar-refractivity contribution in [2.45, 2.75) is 12.7 Å². The Hall–Kier alpha value is -3.49. The van der Waals surface area contributed by atoms with Crippen LogP contribution in [0.5, 0.6) is 11.5 Å². The summed E-state index contributed by atoms with van der Waals surface area (Å²) in [7, 11) is -3.43. The van der Waals surface area contributed by atoms with Gasteiger partial charge in [-0.3, -0.25) is 4.57 Å². The molecule has 158 valence electrons. The van der Waals surface area contributed by atoms with E-state index in [1.54, 1.807) is 0 Å². The molecule has 0 spiro atoms. The molecule has 2 heterocycles. The molecule has 2 atom stereocenters. The highest BCUT2D eigenvalue weighted by Gasteiger charge is 2.49. The Balaban J connectivity index is 1.60. The van der Waals surface area contributed by atoms with Crippen molar-refractivity contribution in [3.63, 3.8) is 0 Å². The molecular weight excluding hydrogens is 417 g/mol. The second-order valence-corrected chi connectivity index (χ2v) is 10.5. The molecule has 0 N–H and O–H groups in total. The molecule has 5 heteroatoms. The molecule has 2 aliphatic heterocycles. The number of para-hydroxylation sites is 2. The van der Waals surface area contributed by atoms with Crippen LogP contribution in [0.3, 0.4) is 0 Å². The summed E-state index contributed by atoms with van der Waals surface area (Å²) in [6, 6.07) is 31.8. The summed E-state index contributed by atoms with van der Waals surface area (Å²) in [5.41, 5.74) is 4.92. The smallest absolute Gasteiger partial charge is 0.304 e. The molecule has 0 saturated heterocycles. The maximum absolute atomic E-state index is 15.1. The van der Waals surface area contributed by atoms with Crippen LogP contribution in [0.1, 0.15) is 16.9 Å². The minimum Gasteiger partial charge on any atom is -0.473 e. The zero-order chi connectivity index (χ0) is 21.7. The Labute approximate surface area is 187 Å². The van der Waals surface area contributed by atoms with E-state index in [2.05, 4.69) is 36.1 Å². The van der Waals surface area contributed by atoms with E-state index in [0.29, 0.717) is 12.5 Å². The van der Waals surface area contributed by atoms with Crippen molar-refractivity contribution in [2.24, 2.45) is 0 Å². The van der Waals surface area contributed by atoms with Crippen molar-refractivity contribution in [1.29, 1.82) is 0 Å². The third-order valence-corrected chi connectivity index (χ3v) is 8.92. The van der Waals surface area contributed by atoms with Crippen molar-refractivity contribution in [2.75, 3.05) is 11.6 Å². The fraction of sp³-hybridized carbons (Fsp3) is 0.111. The maximum atomic E-state index is 15.1. The third kappa shape index (κ3) is 2.87. The highest BCUT2D eigenvalue weighted by atomic mass is 31.2. The Kier molecular flexibility index (Phi) is 4.38. The highest BCUT2D eigenvalue weighted by Crippen LogP contribution is 2.66. The van der Waals surface area contributed by atoms with Crippen LogP contribution in [0.15, 0.2) is 97.1 Å². The van der Waals surface area contributed by atoms with Gasteiger partial charge < -0.3 is 14.2 Å². The average molecular weight is 439 g/mol. The van der Waals surface area contributed by atoms with Crippen molar-refractivity contribution >= 4 is 18.4 Å². The number of benzene rings is 4. The van der Waals surface area contributed by atoms with E-state index in [-0.39, 0.29) is 0 Å². The van der Waals surface area contributed by atoms with Gasteiger partial charge in [0.2, 0.25) is 0 Å². The molecular formula is C27H22NO3P. The standard InChI is InChI=1S/C27H22NO3P/c1-19-14-16-20(17-15-19)28-18-30-24-11-5-3-10-23(24)27(28)32(29)26-13-7-4-9-22(26)21-8-2-6-12-25(21)31-32/h2-17,27H,18H2,1H3. The Morgan fingerprint density at radius 1 is 0.781 bits per heavy atom. The normalized spacial score (nSPS) is 20.9. The summed E-state index contributed by atoms with van der Waals surface area (Å²) < 4.78 is 27.6. The van der Waals surface area contributed by atoms with Crippen LogP contribution >= 0.6 is 7.37 Å². The largest absolute Gasteiger partial charge is 0.473 e. The SMILES string of the molecule is Cc1ccc(N2COc3ccccc3C2P2(=O)Oc3ccccc3-c3ccccc32)cc1. The van der Waals surface area contributed by atoms with Gasteiger partial charge in [-0.2, -0.15) is 0 Å². The van der Waals surface area contributed by atoms with E-state index < -0.39 is 13.2 Å². The first-order chi connectivity index (χ1) is 15.6. The van der Waals surface area contributed by atoms with Gasteiger partial charge in [-0.25, -0.2) is 0 Å². The zero-order valence-electron chi connectivity index (χ0n) is 17.6. The second-order valence-electron chi connectivity index (χ2n) is 8.19. The molecule has 2 aliphatic rings. The van der Waals surface area contributed by atoms with Crippen LogP contribution < -0.4 is 19.5 Å². The minimum atomic E-state index is -3.43. The summed E-state index contributed by atoms with van der Waals surface area (Å²) in [6.07, 6.45) is 0. The van der Waals surface area contributed by atoms with E-state index in [9.17, 15) is 0 Å². The first-order valence-electron chi connectivity index (χ1n) is 10.7. The molecule has 32 heavy (non-hydrogen) atoms. The Bertz CT molecular complexity index is 1370. The van der Waals surface area contributed by atoms with E-state index in [1.165, 1.54) is 5.56 Å². The van der Waals surface area contributed by atoms with Gasteiger partial charge in [-0.15, -0.1) is 0 Å². The molecule has 0 radical (unpaired) electrons. The molecule has 2 unspecified atom stereocenters. The molecule has 4 aromatic carbocycles. The lowest BCUT2D eigenvalue weighted by molar-refractivity contribution is 0.281. The van der Waals surface area contributed by atoms with E-state index >= 15 is 4.57 Å².